The van der Waals surface area contributed by atoms with Gasteiger partial charge in [0, 0.05) is 25.5 Å². The summed E-state index contributed by atoms with van der Waals surface area (Å²) in [4.78, 5) is 8.51. The molecule has 0 saturated heterocycles. The zero-order valence-electron chi connectivity index (χ0n) is 14.4. The third-order valence-corrected chi connectivity index (χ3v) is 4.63. The van der Waals surface area contributed by atoms with Gasteiger partial charge in [0.05, 0.1) is 11.1 Å². The Balaban J connectivity index is 1.51. The molecule has 2 aromatic heterocycles. The summed E-state index contributed by atoms with van der Waals surface area (Å²) in [5.74, 6) is 1.02. The van der Waals surface area contributed by atoms with E-state index in [4.69, 9.17) is 5.14 Å². The molecule has 0 aliphatic carbocycles. The van der Waals surface area contributed by atoms with E-state index in [9.17, 15) is 8.42 Å². The Bertz CT molecular complexity index is 980. The predicted octanol–water partition coefficient (Wildman–Crippen LogP) is 1.18. The maximum absolute atomic E-state index is 11.3. The van der Waals surface area contributed by atoms with E-state index in [0.717, 1.165) is 11.1 Å². The van der Waals surface area contributed by atoms with E-state index in [0.29, 0.717) is 31.3 Å². The maximum atomic E-state index is 11.3. The standard InChI is InChI=1S/C17H19N7O2S/c18-27(25,26)15-5-3-13(4-6-15)7-9-20-17-23-16(12-22-24-17)21-11-14-2-1-8-19-10-14/h1-6,8,10,12H,7,9,11H2,(H2,18,25,26)(H2,20,21,23,24). The molecule has 3 aromatic rings. The van der Waals surface area contributed by atoms with Crippen molar-refractivity contribution in [3.63, 3.8) is 0 Å². The molecule has 27 heavy (non-hydrogen) atoms. The van der Waals surface area contributed by atoms with E-state index < -0.39 is 10.0 Å². The van der Waals surface area contributed by atoms with Crippen LogP contribution in [0.15, 0.2) is 59.9 Å². The predicted molar refractivity (Wildman–Crippen MR) is 101 cm³/mol. The number of benzene rings is 1. The lowest BCUT2D eigenvalue weighted by atomic mass is 10.1. The molecule has 0 saturated carbocycles. The largest absolute Gasteiger partial charge is 0.364 e. The fourth-order valence-electron chi connectivity index (χ4n) is 2.32. The van der Waals surface area contributed by atoms with Gasteiger partial charge in [-0.25, -0.2) is 13.6 Å². The molecule has 140 valence electrons. The smallest absolute Gasteiger partial charge is 0.244 e. The zero-order valence-corrected chi connectivity index (χ0v) is 15.2. The first kappa shape index (κ1) is 18.7. The van der Waals surface area contributed by atoms with E-state index in [2.05, 4.69) is 30.8 Å². The normalized spacial score (nSPS) is 11.1. The molecule has 4 N–H and O–H groups in total. The third-order valence-electron chi connectivity index (χ3n) is 3.70. The lowest BCUT2D eigenvalue weighted by Gasteiger charge is -2.08. The lowest BCUT2D eigenvalue weighted by Crippen LogP contribution is -2.12. The van der Waals surface area contributed by atoms with Crippen LogP contribution in [-0.2, 0) is 23.0 Å². The second-order valence-corrected chi connectivity index (χ2v) is 7.31. The number of nitrogens with two attached hydrogens (primary N) is 1. The molecule has 2 heterocycles. The van der Waals surface area contributed by atoms with E-state index in [1.54, 1.807) is 30.7 Å². The molecule has 0 radical (unpaired) electrons. The Morgan fingerprint density at radius 1 is 1.00 bits per heavy atom. The average Bonchev–Trinajstić information content (AvgIpc) is 2.67. The van der Waals surface area contributed by atoms with Gasteiger partial charge in [-0.2, -0.15) is 10.1 Å². The van der Waals surface area contributed by atoms with Crippen molar-refractivity contribution in [3.05, 3.63) is 66.1 Å². The summed E-state index contributed by atoms with van der Waals surface area (Å²) in [7, 11) is -3.67. The van der Waals surface area contributed by atoms with Crippen LogP contribution in [0.5, 0.6) is 0 Å². The first-order chi connectivity index (χ1) is 13.0. The fourth-order valence-corrected chi connectivity index (χ4v) is 2.84. The van der Waals surface area contributed by atoms with Crippen molar-refractivity contribution in [2.24, 2.45) is 5.14 Å². The van der Waals surface area contributed by atoms with Gasteiger partial charge in [-0.3, -0.25) is 4.98 Å². The Kier molecular flexibility index (Phi) is 5.89. The summed E-state index contributed by atoms with van der Waals surface area (Å²) in [6.45, 7) is 1.16. The van der Waals surface area contributed by atoms with E-state index in [1.807, 2.05) is 12.1 Å². The van der Waals surface area contributed by atoms with E-state index in [-0.39, 0.29) is 4.90 Å². The van der Waals surface area contributed by atoms with Gasteiger partial charge in [-0.15, -0.1) is 5.10 Å². The number of anilines is 2. The highest BCUT2D eigenvalue weighted by Crippen LogP contribution is 2.10. The minimum Gasteiger partial charge on any atom is -0.364 e. The number of nitrogens with zero attached hydrogens (tertiary/aromatic N) is 4. The molecule has 1 aromatic carbocycles. The molecule has 0 aliphatic heterocycles. The number of nitrogens with one attached hydrogen (secondary N) is 2. The van der Waals surface area contributed by atoms with Gasteiger partial charge in [-0.05, 0) is 35.7 Å². The minimum atomic E-state index is -3.67. The number of hydrogen-bond acceptors (Lipinski definition) is 8. The Morgan fingerprint density at radius 2 is 1.81 bits per heavy atom. The van der Waals surface area contributed by atoms with Crippen molar-refractivity contribution in [2.45, 2.75) is 17.9 Å². The summed E-state index contributed by atoms with van der Waals surface area (Å²) >= 11 is 0. The molecule has 0 fully saturated rings. The monoisotopic (exact) mass is 385 g/mol. The molecule has 3 rings (SSSR count). The van der Waals surface area contributed by atoms with Crippen LogP contribution in [0.3, 0.4) is 0 Å². The van der Waals surface area contributed by atoms with Gasteiger partial charge in [0.15, 0.2) is 5.82 Å². The summed E-state index contributed by atoms with van der Waals surface area (Å²) in [6, 6.07) is 10.3. The van der Waals surface area contributed by atoms with Crippen LogP contribution in [0.2, 0.25) is 0 Å². The topological polar surface area (TPSA) is 136 Å². The molecular weight excluding hydrogens is 366 g/mol. The highest BCUT2D eigenvalue weighted by molar-refractivity contribution is 7.89. The van der Waals surface area contributed by atoms with Crippen molar-refractivity contribution in [1.82, 2.24) is 20.2 Å². The number of hydrogen-bond donors (Lipinski definition) is 3. The zero-order chi connectivity index (χ0) is 19.1. The molecule has 0 bridgehead atoms. The molecule has 0 amide bonds. The summed E-state index contributed by atoms with van der Waals surface area (Å²) in [6.07, 6.45) is 5.72. The average molecular weight is 385 g/mol. The number of aromatic nitrogens is 4. The van der Waals surface area contributed by atoms with Gasteiger partial charge in [0.25, 0.3) is 0 Å². The van der Waals surface area contributed by atoms with Crippen LogP contribution in [-0.4, -0.2) is 35.1 Å². The number of rotatable bonds is 8. The van der Waals surface area contributed by atoms with Crippen molar-refractivity contribution in [1.29, 1.82) is 0 Å². The van der Waals surface area contributed by atoms with Crippen molar-refractivity contribution < 1.29 is 8.42 Å². The first-order valence-corrected chi connectivity index (χ1v) is 9.73. The Labute approximate surface area is 157 Å². The Hall–Kier alpha value is -3.11. The molecule has 0 spiro atoms. The second kappa shape index (κ2) is 8.52. The van der Waals surface area contributed by atoms with Crippen LogP contribution in [0, 0.1) is 0 Å². The van der Waals surface area contributed by atoms with Crippen LogP contribution in [0.25, 0.3) is 0 Å². The quantitative estimate of drug-likeness (QED) is 0.526. The minimum absolute atomic E-state index is 0.0964. The van der Waals surface area contributed by atoms with Gasteiger partial charge >= 0.3 is 0 Å². The van der Waals surface area contributed by atoms with E-state index in [1.165, 1.54) is 12.1 Å². The van der Waals surface area contributed by atoms with Gasteiger partial charge in [0.1, 0.15) is 0 Å². The number of primary sulfonamides is 1. The SMILES string of the molecule is NS(=O)(=O)c1ccc(CCNc2nncc(NCc3cccnc3)n2)cc1. The summed E-state index contributed by atoms with van der Waals surface area (Å²) < 4.78 is 22.5. The third kappa shape index (κ3) is 5.69. The van der Waals surface area contributed by atoms with Crippen LogP contribution < -0.4 is 15.8 Å². The summed E-state index contributed by atoms with van der Waals surface area (Å²) in [5.41, 5.74) is 2.00. The van der Waals surface area contributed by atoms with Gasteiger partial charge in [0.2, 0.25) is 16.0 Å². The highest BCUT2D eigenvalue weighted by Gasteiger charge is 2.07. The molecule has 0 unspecified atom stereocenters. The number of sulfonamides is 1. The van der Waals surface area contributed by atoms with Gasteiger partial charge < -0.3 is 10.6 Å². The maximum Gasteiger partial charge on any atom is 0.244 e. The summed E-state index contributed by atoms with van der Waals surface area (Å²) in [5, 5.41) is 19.2. The van der Waals surface area contributed by atoms with Crippen LogP contribution in [0.4, 0.5) is 11.8 Å². The van der Waals surface area contributed by atoms with E-state index >= 15 is 0 Å². The Morgan fingerprint density at radius 3 is 2.52 bits per heavy atom. The van der Waals surface area contributed by atoms with Crippen molar-refractivity contribution >= 4 is 21.8 Å². The molecule has 9 nitrogen and oxygen atoms in total. The molecular formula is C17H19N7O2S. The second-order valence-electron chi connectivity index (χ2n) is 5.75. The molecule has 0 atom stereocenters. The highest BCUT2D eigenvalue weighted by atomic mass is 32.2. The lowest BCUT2D eigenvalue weighted by molar-refractivity contribution is 0.598. The molecule has 10 heteroatoms. The van der Waals surface area contributed by atoms with Crippen LogP contribution >= 0.6 is 0 Å². The molecule has 0 aliphatic rings. The van der Waals surface area contributed by atoms with Crippen molar-refractivity contribution in [3.8, 4) is 0 Å². The van der Waals surface area contributed by atoms with Gasteiger partial charge in [-0.1, -0.05) is 18.2 Å². The van der Waals surface area contributed by atoms with Crippen LogP contribution in [0.1, 0.15) is 11.1 Å². The van der Waals surface area contributed by atoms with Crippen molar-refractivity contribution in [2.75, 3.05) is 17.2 Å². The number of pyridine rings is 1. The fraction of sp³-hybridized carbons (Fsp3) is 0.176. The first-order valence-electron chi connectivity index (χ1n) is 8.19.